The van der Waals surface area contributed by atoms with Gasteiger partial charge in [-0.05, 0) is 47.4 Å². The van der Waals surface area contributed by atoms with E-state index in [-0.39, 0.29) is 17.3 Å². The summed E-state index contributed by atoms with van der Waals surface area (Å²) in [6.07, 6.45) is 4.15. The van der Waals surface area contributed by atoms with Crippen LogP contribution in [0.4, 0.5) is 10.3 Å². The molecule has 0 radical (unpaired) electrons. The van der Waals surface area contributed by atoms with Crippen LogP contribution in [-0.2, 0) is 7.05 Å². The number of hydrogen-bond donors (Lipinski definition) is 1. The Kier molecular flexibility index (Phi) is 7.17. The third-order valence-electron chi connectivity index (χ3n) is 6.50. The van der Waals surface area contributed by atoms with Gasteiger partial charge in [0.15, 0.2) is 0 Å². The van der Waals surface area contributed by atoms with Gasteiger partial charge in [-0.15, -0.1) is 0 Å². The molecule has 0 bridgehead atoms. The minimum absolute atomic E-state index is 0.199. The molecule has 5 rings (SSSR count). The van der Waals surface area contributed by atoms with Crippen molar-refractivity contribution in [2.24, 2.45) is 7.05 Å². The maximum Gasteiger partial charge on any atom is 0.263 e. The number of rotatable bonds is 8. The van der Waals surface area contributed by atoms with E-state index in [1.807, 2.05) is 24.3 Å². The summed E-state index contributed by atoms with van der Waals surface area (Å²) in [5.74, 6) is 0.316. The molecule has 184 valence electrons. The van der Waals surface area contributed by atoms with Crippen molar-refractivity contribution in [3.63, 3.8) is 0 Å². The first-order valence-corrected chi connectivity index (χ1v) is 12.2. The quantitative estimate of drug-likeness (QED) is 0.278. The van der Waals surface area contributed by atoms with Gasteiger partial charge < -0.3 is 5.32 Å². The Morgan fingerprint density at radius 1 is 0.811 bits per heavy atom. The average Bonchev–Trinajstić information content (AvgIpc) is 2.95. The fourth-order valence-electron chi connectivity index (χ4n) is 4.58. The van der Waals surface area contributed by atoms with Crippen LogP contribution >= 0.6 is 0 Å². The molecule has 1 N–H and O–H groups in total. The summed E-state index contributed by atoms with van der Waals surface area (Å²) in [7, 11) is 1.70. The van der Waals surface area contributed by atoms with Gasteiger partial charge in [-0.2, -0.15) is 0 Å². The summed E-state index contributed by atoms with van der Waals surface area (Å²) in [5, 5.41) is 3.40. The molecule has 5 nitrogen and oxygen atoms in total. The van der Waals surface area contributed by atoms with Crippen LogP contribution in [-0.4, -0.2) is 21.1 Å². The van der Waals surface area contributed by atoms with E-state index in [9.17, 15) is 9.18 Å². The van der Waals surface area contributed by atoms with E-state index in [1.165, 1.54) is 27.8 Å². The number of aromatic nitrogens is 3. The molecule has 0 saturated carbocycles. The van der Waals surface area contributed by atoms with Crippen molar-refractivity contribution in [2.45, 2.75) is 12.3 Å². The molecule has 0 spiro atoms. The van der Waals surface area contributed by atoms with Crippen molar-refractivity contribution < 1.29 is 4.39 Å². The molecule has 0 aliphatic heterocycles. The molecule has 2 heterocycles. The van der Waals surface area contributed by atoms with Crippen molar-refractivity contribution in [2.75, 3.05) is 11.9 Å². The Hall–Kier alpha value is -4.58. The van der Waals surface area contributed by atoms with Crippen LogP contribution in [0.25, 0.3) is 22.4 Å². The summed E-state index contributed by atoms with van der Waals surface area (Å²) in [5.41, 5.74) is 4.59. The fraction of sp³-hybridized carbons (Fsp3) is 0.129. The molecular formula is C31H27FN4O. The van der Waals surface area contributed by atoms with Crippen LogP contribution in [0.3, 0.4) is 0 Å². The summed E-state index contributed by atoms with van der Waals surface area (Å²) in [4.78, 5) is 22.6. The van der Waals surface area contributed by atoms with E-state index in [1.54, 1.807) is 31.6 Å². The van der Waals surface area contributed by atoms with Crippen LogP contribution < -0.4 is 10.9 Å². The third-order valence-corrected chi connectivity index (χ3v) is 6.50. The third kappa shape index (κ3) is 5.33. The van der Waals surface area contributed by atoms with Crippen molar-refractivity contribution in [1.82, 2.24) is 14.5 Å². The second-order valence-corrected chi connectivity index (χ2v) is 8.86. The SMILES string of the molecule is Cn1c(NCCC(c2ccccc2)c2ccccc2)nc(-c2ccncc2)c(-c2ccc(F)cc2)c1=O. The Balaban J connectivity index is 1.48. The van der Waals surface area contributed by atoms with Crippen LogP contribution in [0.5, 0.6) is 0 Å². The summed E-state index contributed by atoms with van der Waals surface area (Å²) >= 11 is 0. The average molecular weight is 491 g/mol. The Labute approximate surface area is 215 Å². The summed E-state index contributed by atoms with van der Waals surface area (Å²) < 4.78 is 15.1. The number of pyridine rings is 1. The molecule has 2 aromatic heterocycles. The minimum atomic E-state index is -0.358. The first-order valence-electron chi connectivity index (χ1n) is 12.2. The van der Waals surface area contributed by atoms with Gasteiger partial charge in [0, 0.05) is 37.5 Å². The second-order valence-electron chi connectivity index (χ2n) is 8.86. The van der Waals surface area contributed by atoms with Crippen LogP contribution in [0, 0.1) is 5.82 Å². The number of anilines is 1. The Morgan fingerprint density at radius 2 is 1.41 bits per heavy atom. The molecule has 0 amide bonds. The molecule has 0 fully saturated rings. The normalized spacial score (nSPS) is 11.0. The van der Waals surface area contributed by atoms with Gasteiger partial charge in [-0.25, -0.2) is 9.37 Å². The smallest absolute Gasteiger partial charge is 0.263 e. The van der Waals surface area contributed by atoms with Gasteiger partial charge >= 0.3 is 0 Å². The summed E-state index contributed by atoms with van der Waals surface area (Å²) in [6, 6.07) is 30.4. The van der Waals surface area contributed by atoms with Crippen molar-refractivity contribution in [3.05, 3.63) is 137 Å². The standard InChI is InChI=1S/C31H27FN4O/c1-36-30(37)28(24-12-14-26(32)15-13-24)29(25-16-19-33-20-17-25)35-31(36)34-21-18-27(22-8-4-2-5-9-22)23-10-6-3-7-11-23/h2-17,19-20,27H,18,21H2,1H3,(H,34,35). The minimum Gasteiger partial charge on any atom is -0.356 e. The second kappa shape index (κ2) is 11.0. The van der Waals surface area contributed by atoms with Crippen molar-refractivity contribution >= 4 is 5.95 Å². The maximum absolute atomic E-state index is 13.6. The van der Waals surface area contributed by atoms with Gasteiger partial charge in [-0.3, -0.25) is 14.3 Å². The van der Waals surface area contributed by atoms with Gasteiger partial charge in [0.2, 0.25) is 5.95 Å². The monoisotopic (exact) mass is 490 g/mol. The van der Waals surface area contributed by atoms with Gasteiger partial charge in [0.05, 0.1) is 11.3 Å². The van der Waals surface area contributed by atoms with E-state index < -0.39 is 0 Å². The van der Waals surface area contributed by atoms with E-state index in [0.29, 0.717) is 29.3 Å². The zero-order valence-corrected chi connectivity index (χ0v) is 20.5. The highest BCUT2D eigenvalue weighted by molar-refractivity contribution is 5.80. The molecule has 0 aliphatic rings. The van der Waals surface area contributed by atoms with E-state index >= 15 is 0 Å². The zero-order valence-electron chi connectivity index (χ0n) is 20.5. The molecule has 6 heteroatoms. The lowest BCUT2D eigenvalue weighted by atomic mass is 9.88. The number of nitrogens with one attached hydrogen (secondary N) is 1. The number of nitrogens with zero attached hydrogens (tertiary/aromatic N) is 3. The highest BCUT2D eigenvalue weighted by atomic mass is 19.1. The molecule has 5 aromatic rings. The topological polar surface area (TPSA) is 59.8 Å². The lowest BCUT2D eigenvalue weighted by molar-refractivity contribution is 0.628. The number of benzene rings is 3. The van der Waals surface area contributed by atoms with Crippen LogP contribution in [0.1, 0.15) is 23.5 Å². The lowest BCUT2D eigenvalue weighted by Gasteiger charge is -2.20. The van der Waals surface area contributed by atoms with Gasteiger partial charge in [0.25, 0.3) is 5.56 Å². The maximum atomic E-state index is 13.6. The number of hydrogen-bond acceptors (Lipinski definition) is 4. The molecule has 0 aliphatic carbocycles. The molecule has 37 heavy (non-hydrogen) atoms. The van der Waals surface area contributed by atoms with E-state index in [2.05, 4.69) is 58.8 Å². The first kappa shape index (κ1) is 24.1. The lowest BCUT2D eigenvalue weighted by Crippen LogP contribution is -2.25. The van der Waals surface area contributed by atoms with Crippen LogP contribution in [0.15, 0.2) is 114 Å². The molecule has 0 atom stereocenters. The molecule has 0 saturated heterocycles. The van der Waals surface area contributed by atoms with Crippen molar-refractivity contribution in [3.8, 4) is 22.4 Å². The van der Waals surface area contributed by atoms with Crippen molar-refractivity contribution in [1.29, 1.82) is 0 Å². The Morgan fingerprint density at radius 3 is 2.00 bits per heavy atom. The molecule has 3 aromatic carbocycles. The predicted octanol–water partition coefficient (Wildman–Crippen LogP) is 6.28. The number of halogens is 1. The zero-order chi connectivity index (χ0) is 25.6. The highest BCUT2D eigenvalue weighted by Gasteiger charge is 2.19. The molecular weight excluding hydrogens is 463 g/mol. The highest BCUT2D eigenvalue weighted by Crippen LogP contribution is 2.30. The first-order chi connectivity index (χ1) is 18.1. The Bertz CT molecular complexity index is 1480. The van der Waals surface area contributed by atoms with Crippen LogP contribution in [0.2, 0.25) is 0 Å². The van der Waals surface area contributed by atoms with Gasteiger partial charge in [0.1, 0.15) is 5.82 Å². The van der Waals surface area contributed by atoms with E-state index in [4.69, 9.17) is 4.98 Å². The largest absolute Gasteiger partial charge is 0.356 e. The fourth-order valence-corrected chi connectivity index (χ4v) is 4.58. The predicted molar refractivity (Wildman–Crippen MR) is 146 cm³/mol. The summed E-state index contributed by atoms with van der Waals surface area (Å²) in [6.45, 7) is 0.612. The van der Waals surface area contributed by atoms with E-state index in [0.717, 1.165) is 12.0 Å². The van der Waals surface area contributed by atoms with Gasteiger partial charge in [-0.1, -0.05) is 72.8 Å². The molecule has 0 unspecified atom stereocenters.